The number of nitrogens with zero attached hydrogens (tertiary/aromatic N) is 3. The number of fused-ring (bicyclic) bond motifs is 1. The minimum absolute atomic E-state index is 0.775. The maximum atomic E-state index is 3.76. The first-order valence-corrected chi connectivity index (χ1v) is 2.84. The number of benzene rings is 1. The number of aromatic nitrogens is 3. The Morgan fingerprint density at radius 1 is 1.40 bits per heavy atom. The quantitative estimate of drug-likeness (QED) is 0.523. The van der Waals surface area contributed by atoms with E-state index in [1.165, 1.54) is 0 Å². The van der Waals surface area contributed by atoms with Crippen molar-refractivity contribution in [1.82, 2.24) is 15.4 Å². The summed E-state index contributed by atoms with van der Waals surface area (Å²) in [6, 6.07) is 8.42. The monoisotopic (exact) mass is 129 g/mol. The average molecular weight is 129 g/mol. The van der Waals surface area contributed by atoms with E-state index in [0.29, 0.717) is 0 Å². The van der Waals surface area contributed by atoms with Gasteiger partial charge in [0, 0.05) is 5.39 Å². The van der Waals surface area contributed by atoms with E-state index in [0.717, 1.165) is 10.9 Å². The highest BCUT2D eigenvalue weighted by atomic mass is 15.3. The maximum absolute atomic E-state index is 3.76. The van der Waals surface area contributed by atoms with E-state index < -0.39 is 0 Å². The lowest BCUT2D eigenvalue weighted by Gasteiger charge is -1.87. The van der Waals surface area contributed by atoms with Gasteiger partial charge in [0.15, 0.2) is 0 Å². The molecule has 0 atom stereocenters. The van der Waals surface area contributed by atoms with Crippen LogP contribution < -0.4 is 0 Å². The molecule has 0 aliphatic carbocycles. The molecule has 3 nitrogen and oxygen atoms in total. The normalized spacial score (nSPS) is 10.0. The highest BCUT2D eigenvalue weighted by Gasteiger charge is 1.90. The first-order valence-electron chi connectivity index (χ1n) is 2.84. The van der Waals surface area contributed by atoms with E-state index in [9.17, 15) is 0 Å². The summed E-state index contributed by atoms with van der Waals surface area (Å²) < 4.78 is 0. The van der Waals surface area contributed by atoms with E-state index in [1.807, 2.05) is 12.1 Å². The fourth-order valence-electron chi connectivity index (χ4n) is 0.744. The highest BCUT2D eigenvalue weighted by Crippen LogP contribution is 2.03. The van der Waals surface area contributed by atoms with Crippen LogP contribution in [0.3, 0.4) is 0 Å². The fourth-order valence-corrected chi connectivity index (χ4v) is 0.744. The summed E-state index contributed by atoms with van der Waals surface area (Å²) in [6.07, 6.45) is 2.67. The molecule has 1 heterocycles. The second-order valence-electron chi connectivity index (χ2n) is 1.83. The molecule has 0 saturated heterocycles. The van der Waals surface area contributed by atoms with E-state index in [4.69, 9.17) is 0 Å². The van der Waals surface area contributed by atoms with Crippen molar-refractivity contribution in [3.05, 3.63) is 30.5 Å². The van der Waals surface area contributed by atoms with Crippen molar-refractivity contribution in [2.75, 3.05) is 0 Å². The second kappa shape index (κ2) is 2.02. The standard InChI is InChI=1S/C7H3N3/c1-2-4-7-6(3-1)5-8-10-9-7/h1-2,4H. The SMILES string of the molecule is [c]1cccc2nnn[c]c12. The zero-order valence-corrected chi connectivity index (χ0v) is 5.07. The Hall–Kier alpha value is -1.51. The van der Waals surface area contributed by atoms with E-state index in [2.05, 4.69) is 27.7 Å². The summed E-state index contributed by atoms with van der Waals surface area (Å²) in [6.45, 7) is 0. The van der Waals surface area contributed by atoms with Gasteiger partial charge in [-0.25, -0.2) is 0 Å². The maximum Gasteiger partial charge on any atom is 0.126 e. The molecule has 0 unspecified atom stereocenters. The van der Waals surface area contributed by atoms with Gasteiger partial charge in [0.1, 0.15) is 6.20 Å². The Kier molecular flexibility index (Phi) is 1.07. The van der Waals surface area contributed by atoms with Crippen LogP contribution in [0.25, 0.3) is 10.9 Å². The van der Waals surface area contributed by atoms with Gasteiger partial charge in [-0.1, -0.05) is 12.1 Å². The molecule has 0 bridgehead atoms. The number of rotatable bonds is 0. The van der Waals surface area contributed by atoms with Gasteiger partial charge in [-0.3, -0.25) is 0 Å². The molecule has 2 rings (SSSR count). The lowest BCUT2D eigenvalue weighted by Crippen LogP contribution is -1.86. The van der Waals surface area contributed by atoms with Gasteiger partial charge in [-0.15, -0.1) is 10.2 Å². The van der Waals surface area contributed by atoms with E-state index in [1.54, 1.807) is 6.07 Å². The molecular formula is C7H3N3. The predicted octanol–water partition coefficient (Wildman–Crippen LogP) is 0.625. The highest BCUT2D eigenvalue weighted by molar-refractivity contribution is 5.75. The van der Waals surface area contributed by atoms with Crippen molar-refractivity contribution in [3.8, 4) is 0 Å². The van der Waals surface area contributed by atoms with Crippen LogP contribution in [0.2, 0.25) is 0 Å². The molecule has 1 aromatic carbocycles. The molecule has 3 heteroatoms. The smallest absolute Gasteiger partial charge is 0.126 e. The molecule has 0 spiro atoms. The average Bonchev–Trinajstić information content (AvgIpc) is 2.05. The molecular weight excluding hydrogens is 126 g/mol. The lowest BCUT2D eigenvalue weighted by atomic mass is 10.2. The Morgan fingerprint density at radius 3 is 3.30 bits per heavy atom. The first-order chi connectivity index (χ1) is 4.97. The second-order valence-corrected chi connectivity index (χ2v) is 1.83. The third-order valence-electron chi connectivity index (χ3n) is 1.19. The van der Waals surface area contributed by atoms with Crippen molar-refractivity contribution in [3.63, 3.8) is 0 Å². The van der Waals surface area contributed by atoms with E-state index >= 15 is 0 Å². The summed E-state index contributed by atoms with van der Waals surface area (Å²) in [7, 11) is 0. The summed E-state index contributed by atoms with van der Waals surface area (Å²) in [5, 5.41) is 11.5. The minimum atomic E-state index is 0.775. The van der Waals surface area contributed by atoms with E-state index in [-0.39, 0.29) is 0 Å². The number of hydrogen-bond acceptors (Lipinski definition) is 3. The summed E-state index contributed by atoms with van der Waals surface area (Å²) in [4.78, 5) is 0. The predicted molar refractivity (Wildman–Crippen MR) is 35.0 cm³/mol. The van der Waals surface area contributed by atoms with Gasteiger partial charge < -0.3 is 0 Å². The van der Waals surface area contributed by atoms with Gasteiger partial charge >= 0.3 is 0 Å². The Bertz CT molecular complexity index is 280. The number of hydrogen-bond donors (Lipinski definition) is 0. The third-order valence-corrected chi connectivity index (χ3v) is 1.19. The third kappa shape index (κ3) is 0.719. The molecule has 0 fully saturated rings. The molecule has 46 valence electrons. The van der Waals surface area contributed by atoms with Gasteiger partial charge in [0.25, 0.3) is 0 Å². The molecule has 2 aromatic rings. The van der Waals surface area contributed by atoms with Crippen LogP contribution in [0.15, 0.2) is 18.2 Å². The fraction of sp³-hybridized carbons (Fsp3) is 0. The van der Waals surface area contributed by atoms with Crippen LogP contribution in [-0.2, 0) is 0 Å². The van der Waals surface area contributed by atoms with Gasteiger partial charge in [0.2, 0.25) is 0 Å². The van der Waals surface area contributed by atoms with Gasteiger partial charge in [-0.2, -0.15) is 0 Å². The molecule has 0 aliphatic rings. The molecule has 1 aromatic heterocycles. The van der Waals surface area contributed by atoms with Crippen LogP contribution >= 0.6 is 0 Å². The minimum Gasteiger partial charge on any atom is -0.130 e. The molecule has 0 amide bonds. The van der Waals surface area contributed by atoms with Crippen molar-refractivity contribution in [1.29, 1.82) is 0 Å². The van der Waals surface area contributed by atoms with Crippen LogP contribution in [0.1, 0.15) is 0 Å². The molecule has 0 N–H and O–H groups in total. The summed E-state index contributed by atoms with van der Waals surface area (Å²) >= 11 is 0. The molecule has 0 saturated carbocycles. The Morgan fingerprint density at radius 2 is 2.40 bits per heavy atom. The van der Waals surface area contributed by atoms with Crippen LogP contribution in [0, 0.1) is 12.3 Å². The van der Waals surface area contributed by atoms with Crippen LogP contribution in [0.4, 0.5) is 0 Å². The molecule has 10 heavy (non-hydrogen) atoms. The zero-order chi connectivity index (χ0) is 6.81. The summed E-state index contributed by atoms with van der Waals surface area (Å²) in [5.41, 5.74) is 0.775. The molecule has 0 aliphatic heterocycles. The van der Waals surface area contributed by atoms with Gasteiger partial charge in [-0.05, 0) is 17.3 Å². The van der Waals surface area contributed by atoms with Gasteiger partial charge in [0.05, 0.1) is 5.52 Å². The van der Waals surface area contributed by atoms with Crippen LogP contribution in [0.5, 0.6) is 0 Å². The largest absolute Gasteiger partial charge is 0.130 e. The Labute approximate surface area is 57.7 Å². The van der Waals surface area contributed by atoms with Crippen molar-refractivity contribution in [2.45, 2.75) is 0 Å². The summed E-state index contributed by atoms with van der Waals surface area (Å²) in [5.74, 6) is 0. The zero-order valence-electron chi connectivity index (χ0n) is 5.07. The topological polar surface area (TPSA) is 38.7 Å². The Balaban J connectivity index is 2.89. The lowest BCUT2D eigenvalue weighted by molar-refractivity contribution is 0.890. The first kappa shape index (κ1) is 5.29. The van der Waals surface area contributed by atoms with Crippen molar-refractivity contribution >= 4 is 10.9 Å². The van der Waals surface area contributed by atoms with Crippen molar-refractivity contribution in [2.24, 2.45) is 0 Å². The molecule has 2 radical (unpaired) electrons. The van der Waals surface area contributed by atoms with Crippen molar-refractivity contribution < 1.29 is 0 Å². The van der Waals surface area contributed by atoms with Crippen LogP contribution in [-0.4, -0.2) is 15.4 Å².